The summed E-state index contributed by atoms with van der Waals surface area (Å²) in [6, 6.07) is 1.79. The summed E-state index contributed by atoms with van der Waals surface area (Å²) in [6.45, 7) is 1.49. The summed E-state index contributed by atoms with van der Waals surface area (Å²) < 4.78 is 31.5. The first-order chi connectivity index (χ1) is 7.09. The van der Waals surface area contributed by atoms with Gasteiger partial charge in [-0.1, -0.05) is 6.07 Å². The average molecular weight is 250 g/mol. The number of nitrogens with one attached hydrogen (secondary N) is 1. The summed E-state index contributed by atoms with van der Waals surface area (Å²) in [5.74, 6) is -1.31. The standard InChI is InChI=1S/C10H9F2NO2.ClH/c1-5-2-3-6(11)8(9(5)12)7-4-15-10(14)13-7;/h2-3,7H,4H2,1H3,(H,13,14);1H/t7-;/m0./s1. The molecule has 1 atom stereocenters. The van der Waals surface area contributed by atoms with Crippen molar-refractivity contribution in [3.8, 4) is 0 Å². The van der Waals surface area contributed by atoms with Crippen LogP contribution >= 0.6 is 12.4 Å². The molecule has 0 aromatic heterocycles. The summed E-state index contributed by atoms with van der Waals surface area (Å²) in [7, 11) is 0. The predicted molar refractivity (Wildman–Crippen MR) is 55.6 cm³/mol. The van der Waals surface area contributed by atoms with Gasteiger partial charge in [0.15, 0.2) is 0 Å². The van der Waals surface area contributed by atoms with Crippen LogP contribution in [-0.4, -0.2) is 12.7 Å². The number of hydrogen-bond donors (Lipinski definition) is 1. The molecule has 1 aliphatic rings. The van der Waals surface area contributed by atoms with Crippen molar-refractivity contribution in [3.05, 3.63) is 34.9 Å². The molecule has 0 saturated carbocycles. The minimum Gasteiger partial charge on any atom is -0.447 e. The van der Waals surface area contributed by atoms with Gasteiger partial charge in [-0.15, -0.1) is 12.4 Å². The minimum absolute atomic E-state index is 0. The van der Waals surface area contributed by atoms with Gasteiger partial charge in [0.2, 0.25) is 0 Å². The lowest BCUT2D eigenvalue weighted by atomic mass is 10.0. The van der Waals surface area contributed by atoms with E-state index >= 15 is 0 Å². The zero-order valence-corrected chi connectivity index (χ0v) is 9.24. The van der Waals surface area contributed by atoms with Crippen LogP contribution in [0, 0.1) is 18.6 Å². The van der Waals surface area contributed by atoms with Gasteiger partial charge in [0, 0.05) is 5.56 Å². The maximum Gasteiger partial charge on any atom is 0.407 e. The molecule has 6 heteroatoms. The number of aryl methyl sites for hydroxylation is 1. The number of alkyl carbamates (subject to hydrolysis) is 1. The quantitative estimate of drug-likeness (QED) is 0.830. The fourth-order valence-electron chi connectivity index (χ4n) is 1.54. The van der Waals surface area contributed by atoms with Gasteiger partial charge < -0.3 is 10.1 Å². The van der Waals surface area contributed by atoms with Crippen LogP contribution in [0.3, 0.4) is 0 Å². The highest BCUT2D eigenvalue weighted by atomic mass is 35.5. The van der Waals surface area contributed by atoms with Crippen molar-refractivity contribution in [1.29, 1.82) is 0 Å². The Morgan fingerprint density at radius 3 is 2.69 bits per heavy atom. The van der Waals surface area contributed by atoms with E-state index in [2.05, 4.69) is 10.1 Å². The predicted octanol–water partition coefficient (Wildman–Crippen LogP) is 2.48. The van der Waals surface area contributed by atoms with Crippen molar-refractivity contribution >= 4 is 18.5 Å². The van der Waals surface area contributed by atoms with Crippen molar-refractivity contribution in [3.63, 3.8) is 0 Å². The summed E-state index contributed by atoms with van der Waals surface area (Å²) in [4.78, 5) is 10.8. The van der Waals surface area contributed by atoms with Gasteiger partial charge in [-0.2, -0.15) is 0 Å². The molecule has 16 heavy (non-hydrogen) atoms. The van der Waals surface area contributed by atoms with E-state index in [4.69, 9.17) is 0 Å². The second-order valence-corrected chi connectivity index (χ2v) is 3.39. The maximum absolute atomic E-state index is 13.6. The van der Waals surface area contributed by atoms with E-state index in [-0.39, 0.29) is 24.6 Å². The molecule has 1 aromatic rings. The zero-order valence-electron chi connectivity index (χ0n) is 8.42. The van der Waals surface area contributed by atoms with Crippen LogP contribution in [0.15, 0.2) is 12.1 Å². The van der Waals surface area contributed by atoms with E-state index in [1.165, 1.54) is 19.1 Å². The Kier molecular flexibility index (Phi) is 3.70. The lowest BCUT2D eigenvalue weighted by molar-refractivity contribution is 0.176. The lowest BCUT2D eigenvalue weighted by Gasteiger charge is -2.11. The second-order valence-electron chi connectivity index (χ2n) is 3.39. The molecule has 0 aliphatic carbocycles. The van der Waals surface area contributed by atoms with Crippen LogP contribution in [0.2, 0.25) is 0 Å². The molecule has 1 N–H and O–H groups in total. The molecule has 2 rings (SSSR count). The van der Waals surface area contributed by atoms with Crippen LogP contribution in [0.4, 0.5) is 13.6 Å². The van der Waals surface area contributed by atoms with Crippen molar-refractivity contribution in [2.75, 3.05) is 6.61 Å². The molecule has 0 unspecified atom stereocenters. The molecule has 1 fully saturated rings. The SMILES string of the molecule is Cc1ccc(F)c([C@@H]2COC(=O)N2)c1F.Cl. The van der Waals surface area contributed by atoms with Crippen molar-refractivity contribution < 1.29 is 18.3 Å². The third-order valence-electron chi connectivity index (χ3n) is 2.34. The molecule has 1 saturated heterocycles. The highest BCUT2D eigenvalue weighted by Gasteiger charge is 2.29. The second kappa shape index (κ2) is 4.65. The normalized spacial score (nSPS) is 18.7. The Morgan fingerprint density at radius 2 is 2.12 bits per heavy atom. The number of rotatable bonds is 1. The average Bonchev–Trinajstić information content (AvgIpc) is 2.59. The van der Waals surface area contributed by atoms with Crippen LogP contribution in [0.5, 0.6) is 0 Å². The largest absolute Gasteiger partial charge is 0.447 e. The Hall–Kier alpha value is -1.36. The van der Waals surface area contributed by atoms with E-state index in [0.29, 0.717) is 5.56 Å². The highest BCUT2D eigenvalue weighted by Crippen LogP contribution is 2.25. The Labute approximate surface area is 97.2 Å². The van der Waals surface area contributed by atoms with Gasteiger partial charge in [-0.25, -0.2) is 13.6 Å². The first-order valence-corrected chi connectivity index (χ1v) is 4.47. The fourth-order valence-corrected chi connectivity index (χ4v) is 1.54. The van der Waals surface area contributed by atoms with E-state index in [1.807, 2.05) is 0 Å². The molecular weight excluding hydrogens is 240 g/mol. The molecular formula is C10H10ClF2NO2. The molecule has 88 valence electrons. The van der Waals surface area contributed by atoms with Gasteiger partial charge in [0.25, 0.3) is 0 Å². The van der Waals surface area contributed by atoms with Crippen LogP contribution in [0.25, 0.3) is 0 Å². The van der Waals surface area contributed by atoms with Crippen molar-refractivity contribution in [1.82, 2.24) is 5.32 Å². The Morgan fingerprint density at radius 1 is 1.44 bits per heavy atom. The van der Waals surface area contributed by atoms with E-state index in [1.54, 1.807) is 0 Å². The number of carbonyl (C=O) groups excluding carboxylic acids is 1. The third kappa shape index (κ3) is 2.09. The summed E-state index contributed by atoms with van der Waals surface area (Å²) in [6.07, 6.45) is -0.652. The molecule has 1 aromatic carbocycles. The minimum atomic E-state index is -0.739. The third-order valence-corrected chi connectivity index (χ3v) is 2.34. The number of amides is 1. The van der Waals surface area contributed by atoms with Gasteiger partial charge in [0.1, 0.15) is 18.2 Å². The number of benzene rings is 1. The summed E-state index contributed by atoms with van der Waals surface area (Å²) >= 11 is 0. The molecule has 0 radical (unpaired) electrons. The maximum atomic E-state index is 13.6. The van der Waals surface area contributed by atoms with Crippen LogP contribution in [0.1, 0.15) is 17.2 Å². The van der Waals surface area contributed by atoms with Crippen LogP contribution < -0.4 is 5.32 Å². The van der Waals surface area contributed by atoms with E-state index in [9.17, 15) is 13.6 Å². The van der Waals surface area contributed by atoms with Gasteiger partial charge in [0.05, 0.1) is 6.04 Å². The molecule has 1 aliphatic heterocycles. The van der Waals surface area contributed by atoms with Crippen LogP contribution in [-0.2, 0) is 4.74 Å². The summed E-state index contributed by atoms with van der Waals surface area (Å²) in [5.41, 5.74) is 0.202. The molecule has 1 heterocycles. The number of carbonyl (C=O) groups is 1. The number of cyclic esters (lactones) is 1. The Bertz CT molecular complexity index is 426. The van der Waals surface area contributed by atoms with Gasteiger partial charge in [-0.3, -0.25) is 0 Å². The van der Waals surface area contributed by atoms with Crippen molar-refractivity contribution in [2.45, 2.75) is 13.0 Å². The summed E-state index contributed by atoms with van der Waals surface area (Å²) in [5, 5.41) is 2.34. The molecule has 3 nitrogen and oxygen atoms in total. The Balaban J connectivity index is 0.00000128. The number of hydrogen-bond acceptors (Lipinski definition) is 2. The first kappa shape index (κ1) is 12.7. The zero-order chi connectivity index (χ0) is 11.0. The van der Waals surface area contributed by atoms with Gasteiger partial charge in [-0.05, 0) is 18.6 Å². The first-order valence-electron chi connectivity index (χ1n) is 4.47. The number of halogens is 3. The highest BCUT2D eigenvalue weighted by molar-refractivity contribution is 5.85. The smallest absolute Gasteiger partial charge is 0.407 e. The molecule has 1 amide bonds. The van der Waals surface area contributed by atoms with Gasteiger partial charge >= 0.3 is 6.09 Å². The monoisotopic (exact) mass is 249 g/mol. The number of ether oxygens (including phenoxy) is 1. The van der Waals surface area contributed by atoms with E-state index < -0.39 is 23.8 Å². The topological polar surface area (TPSA) is 38.3 Å². The molecule has 0 bridgehead atoms. The lowest BCUT2D eigenvalue weighted by Crippen LogP contribution is -2.21. The fraction of sp³-hybridized carbons (Fsp3) is 0.300. The van der Waals surface area contributed by atoms with Crippen molar-refractivity contribution in [2.24, 2.45) is 0 Å². The van der Waals surface area contributed by atoms with E-state index in [0.717, 1.165) is 0 Å². The molecule has 0 spiro atoms.